The monoisotopic (exact) mass is 202 g/mol. The molecule has 0 heteroatoms. The zero-order valence-corrected chi connectivity index (χ0v) is 10.4. The van der Waals surface area contributed by atoms with Crippen LogP contribution in [0.4, 0.5) is 0 Å². The van der Waals surface area contributed by atoms with Crippen LogP contribution in [0.5, 0.6) is 0 Å². The van der Waals surface area contributed by atoms with Crippen molar-refractivity contribution in [1.29, 1.82) is 0 Å². The predicted molar refractivity (Wildman–Crippen MR) is 69.6 cm³/mol. The third-order valence-corrected chi connectivity index (χ3v) is 2.19. The van der Waals surface area contributed by atoms with E-state index in [1.165, 1.54) is 0 Å². The fourth-order valence-corrected chi connectivity index (χ4v) is 1.11. The number of hydrogen-bond donors (Lipinski definition) is 0. The summed E-state index contributed by atoms with van der Waals surface area (Å²) in [5.74, 6) is 7.01. The molecule has 0 spiro atoms. The first-order valence-corrected chi connectivity index (χ1v) is 5.62. The van der Waals surface area contributed by atoms with Crippen molar-refractivity contribution in [2.75, 3.05) is 0 Å². The molecule has 0 saturated heterocycles. The van der Waals surface area contributed by atoms with E-state index in [0.29, 0.717) is 5.92 Å². The molecule has 0 aromatic heterocycles. The summed E-state index contributed by atoms with van der Waals surface area (Å²) in [5.41, 5.74) is 2.17. The second kappa shape index (κ2) is 8.12. The quantitative estimate of drug-likeness (QED) is 0.465. The second-order valence-corrected chi connectivity index (χ2v) is 3.84. The standard InChI is InChI=1S/C15H22/c1-6-15(7-2)12-11-14(5)10-8-9-13(3)4/h8-10,15H,3,6-7H2,1-2,4-5H3/b9-8-,14-10+. The van der Waals surface area contributed by atoms with Gasteiger partial charge in [0.25, 0.3) is 0 Å². The minimum Gasteiger partial charge on any atom is -0.0961 e. The van der Waals surface area contributed by atoms with Crippen LogP contribution in [-0.4, -0.2) is 0 Å². The first-order chi connectivity index (χ1) is 7.10. The zero-order valence-electron chi connectivity index (χ0n) is 10.4. The third kappa shape index (κ3) is 7.82. The van der Waals surface area contributed by atoms with Gasteiger partial charge in [0.05, 0.1) is 0 Å². The maximum absolute atomic E-state index is 3.80. The summed E-state index contributed by atoms with van der Waals surface area (Å²) in [4.78, 5) is 0. The molecule has 0 aromatic rings. The third-order valence-electron chi connectivity index (χ3n) is 2.19. The molecule has 0 aliphatic heterocycles. The molecule has 0 fully saturated rings. The summed E-state index contributed by atoms with van der Waals surface area (Å²) in [7, 11) is 0. The van der Waals surface area contributed by atoms with Crippen LogP contribution >= 0.6 is 0 Å². The van der Waals surface area contributed by atoms with E-state index in [4.69, 9.17) is 0 Å². The second-order valence-electron chi connectivity index (χ2n) is 3.84. The average molecular weight is 202 g/mol. The molecule has 15 heavy (non-hydrogen) atoms. The van der Waals surface area contributed by atoms with E-state index in [-0.39, 0.29) is 0 Å². The maximum Gasteiger partial charge on any atom is 0.0201 e. The number of rotatable bonds is 4. The first-order valence-electron chi connectivity index (χ1n) is 5.62. The van der Waals surface area contributed by atoms with E-state index in [9.17, 15) is 0 Å². The Morgan fingerprint density at radius 3 is 2.33 bits per heavy atom. The van der Waals surface area contributed by atoms with Gasteiger partial charge >= 0.3 is 0 Å². The molecular weight excluding hydrogens is 180 g/mol. The lowest BCUT2D eigenvalue weighted by Gasteiger charge is -2.00. The van der Waals surface area contributed by atoms with Gasteiger partial charge in [-0.05, 0) is 32.3 Å². The van der Waals surface area contributed by atoms with Crippen molar-refractivity contribution in [1.82, 2.24) is 0 Å². The Bertz CT molecular complexity index is 301. The molecule has 0 amide bonds. The van der Waals surface area contributed by atoms with Crippen LogP contribution < -0.4 is 0 Å². The summed E-state index contributed by atoms with van der Waals surface area (Å²) >= 11 is 0. The van der Waals surface area contributed by atoms with Crippen LogP contribution in [0.15, 0.2) is 36.0 Å². The Balaban J connectivity index is 4.33. The normalized spacial score (nSPS) is 11.7. The fourth-order valence-electron chi connectivity index (χ4n) is 1.11. The lowest BCUT2D eigenvalue weighted by atomic mass is 10.0. The van der Waals surface area contributed by atoms with E-state index in [2.05, 4.69) is 32.3 Å². The van der Waals surface area contributed by atoms with Gasteiger partial charge in [0.2, 0.25) is 0 Å². The molecule has 0 heterocycles. The maximum atomic E-state index is 3.80. The van der Waals surface area contributed by atoms with Crippen LogP contribution in [0.25, 0.3) is 0 Å². The highest BCUT2D eigenvalue weighted by Crippen LogP contribution is 2.05. The molecule has 0 unspecified atom stereocenters. The SMILES string of the molecule is C=C(C)/C=C\C=C(/C)C#CC(CC)CC. The van der Waals surface area contributed by atoms with E-state index >= 15 is 0 Å². The molecule has 0 aromatic carbocycles. The van der Waals surface area contributed by atoms with Gasteiger partial charge in [0, 0.05) is 5.92 Å². The van der Waals surface area contributed by atoms with Crippen molar-refractivity contribution < 1.29 is 0 Å². The van der Waals surface area contributed by atoms with Gasteiger partial charge in [0.1, 0.15) is 0 Å². The highest BCUT2D eigenvalue weighted by Gasteiger charge is 1.95. The van der Waals surface area contributed by atoms with Gasteiger partial charge < -0.3 is 0 Å². The first kappa shape index (κ1) is 13.8. The Kier molecular flexibility index (Phi) is 7.46. The van der Waals surface area contributed by atoms with Crippen molar-refractivity contribution in [2.45, 2.75) is 40.5 Å². The van der Waals surface area contributed by atoms with Crippen LogP contribution in [-0.2, 0) is 0 Å². The van der Waals surface area contributed by atoms with Gasteiger partial charge in [-0.15, -0.1) is 0 Å². The molecule has 0 atom stereocenters. The molecular formula is C15H22. The van der Waals surface area contributed by atoms with Crippen molar-refractivity contribution in [2.24, 2.45) is 5.92 Å². The van der Waals surface area contributed by atoms with Crippen LogP contribution in [0, 0.1) is 17.8 Å². The van der Waals surface area contributed by atoms with Crippen molar-refractivity contribution in [3.8, 4) is 11.8 Å². The summed E-state index contributed by atoms with van der Waals surface area (Å²) in [5, 5.41) is 0. The molecule has 0 rings (SSSR count). The highest BCUT2D eigenvalue weighted by molar-refractivity contribution is 5.31. The Morgan fingerprint density at radius 1 is 1.27 bits per heavy atom. The number of allylic oxidation sites excluding steroid dienone is 5. The summed E-state index contributed by atoms with van der Waals surface area (Å²) < 4.78 is 0. The molecule has 0 nitrogen and oxygen atoms in total. The molecule has 0 aliphatic rings. The van der Waals surface area contributed by atoms with Gasteiger partial charge in [-0.25, -0.2) is 0 Å². The molecule has 0 radical (unpaired) electrons. The van der Waals surface area contributed by atoms with Gasteiger partial charge in [-0.1, -0.05) is 56.1 Å². The summed E-state index contributed by atoms with van der Waals surface area (Å²) in [6.45, 7) is 12.2. The minimum absolute atomic E-state index is 0.540. The van der Waals surface area contributed by atoms with Crippen LogP contribution in [0.3, 0.4) is 0 Å². The van der Waals surface area contributed by atoms with Crippen LogP contribution in [0.2, 0.25) is 0 Å². The predicted octanol–water partition coefficient (Wildman–Crippen LogP) is 4.50. The molecule has 0 N–H and O–H groups in total. The smallest absolute Gasteiger partial charge is 0.0201 e. The van der Waals surface area contributed by atoms with Crippen molar-refractivity contribution in [3.05, 3.63) is 36.0 Å². The van der Waals surface area contributed by atoms with Gasteiger partial charge in [0.15, 0.2) is 0 Å². The van der Waals surface area contributed by atoms with E-state index < -0.39 is 0 Å². The average Bonchev–Trinajstić information content (AvgIpc) is 2.18. The van der Waals surface area contributed by atoms with Crippen molar-refractivity contribution in [3.63, 3.8) is 0 Å². The zero-order chi connectivity index (χ0) is 11.7. The lowest BCUT2D eigenvalue weighted by molar-refractivity contribution is 0.627. The Labute approximate surface area is 94.8 Å². The van der Waals surface area contributed by atoms with Gasteiger partial charge in [-0.2, -0.15) is 0 Å². The molecule has 0 saturated carbocycles. The van der Waals surface area contributed by atoms with E-state index in [1.54, 1.807) is 0 Å². The lowest BCUT2D eigenvalue weighted by Crippen LogP contribution is -1.90. The molecule has 82 valence electrons. The van der Waals surface area contributed by atoms with Crippen molar-refractivity contribution >= 4 is 0 Å². The fraction of sp³-hybridized carbons (Fsp3) is 0.467. The Hall–Kier alpha value is -1.22. The summed E-state index contributed by atoms with van der Waals surface area (Å²) in [6, 6.07) is 0. The van der Waals surface area contributed by atoms with Crippen LogP contribution in [0.1, 0.15) is 40.5 Å². The topological polar surface area (TPSA) is 0 Å². The molecule has 0 aliphatic carbocycles. The van der Waals surface area contributed by atoms with E-state index in [1.807, 2.05) is 32.1 Å². The number of hydrogen-bond acceptors (Lipinski definition) is 0. The highest BCUT2D eigenvalue weighted by atomic mass is 14.0. The molecule has 0 bridgehead atoms. The largest absolute Gasteiger partial charge is 0.0961 e. The van der Waals surface area contributed by atoms with E-state index in [0.717, 1.165) is 24.0 Å². The summed E-state index contributed by atoms with van der Waals surface area (Å²) in [6.07, 6.45) is 8.29. The Morgan fingerprint density at radius 2 is 1.87 bits per heavy atom. The minimum atomic E-state index is 0.540. The van der Waals surface area contributed by atoms with Gasteiger partial charge in [-0.3, -0.25) is 0 Å².